The molecule has 1 unspecified atom stereocenters. The molecule has 0 aromatic rings. The topological polar surface area (TPSA) is 72.8 Å². The first-order chi connectivity index (χ1) is 21.1. The zero-order chi connectivity index (χ0) is 31.5. The molecule has 0 amide bonds. The van der Waals surface area contributed by atoms with Crippen LogP contribution in [0.2, 0.25) is 0 Å². The first-order valence-corrected chi connectivity index (χ1v) is 17.7. The number of allylic oxidation sites excluding steroid dienone is 8. The second-order valence-corrected chi connectivity index (χ2v) is 11.7. The highest BCUT2D eigenvalue weighted by Crippen LogP contribution is 2.14. The van der Waals surface area contributed by atoms with Crippen molar-refractivity contribution in [2.75, 3.05) is 13.2 Å². The van der Waals surface area contributed by atoms with Gasteiger partial charge in [0.05, 0.1) is 6.61 Å². The van der Waals surface area contributed by atoms with Gasteiger partial charge in [-0.1, -0.05) is 165 Å². The molecule has 248 valence electrons. The number of hydrogen-bond acceptors (Lipinski definition) is 5. The van der Waals surface area contributed by atoms with E-state index in [1.807, 2.05) is 36.5 Å². The Bertz CT molecular complexity index is 737. The van der Waals surface area contributed by atoms with Crippen molar-refractivity contribution >= 4 is 11.9 Å². The van der Waals surface area contributed by atoms with Crippen molar-refractivity contribution in [3.63, 3.8) is 0 Å². The van der Waals surface area contributed by atoms with E-state index in [1.54, 1.807) is 0 Å². The molecular formula is C38H66O5. The zero-order valence-corrected chi connectivity index (χ0v) is 28.0. The minimum absolute atomic E-state index is 0.0855. The molecule has 1 atom stereocenters. The van der Waals surface area contributed by atoms with Gasteiger partial charge in [0.15, 0.2) is 6.10 Å². The third-order valence-corrected chi connectivity index (χ3v) is 7.48. The van der Waals surface area contributed by atoms with Crippen molar-refractivity contribution in [2.24, 2.45) is 0 Å². The molecule has 0 aromatic carbocycles. The van der Waals surface area contributed by atoms with Crippen LogP contribution in [0.4, 0.5) is 0 Å². The molecule has 0 saturated carbocycles. The first-order valence-electron chi connectivity index (χ1n) is 17.7. The predicted octanol–water partition coefficient (Wildman–Crippen LogP) is 10.7. The summed E-state index contributed by atoms with van der Waals surface area (Å²) < 4.78 is 10.5. The highest BCUT2D eigenvalue weighted by atomic mass is 16.6. The molecule has 0 spiro atoms. The molecule has 5 heteroatoms. The summed E-state index contributed by atoms with van der Waals surface area (Å²) in [5.41, 5.74) is 0. The Hall–Kier alpha value is -2.14. The Morgan fingerprint density at radius 3 is 1.51 bits per heavy atom. The normalized spacial score (nSPS) is 12.7. The van der Waals surface area contributed by atoms with Gasteiger partial charge >= 0.3 is 11.9 Å². The van der Waals surface area contributed by atoms with Gasteiger partial charge < -0.3 is 14.6 Å². The molecular weight excluding hydrogens is 536 g/mol. The molecule has 0 heterocycles. The molecule has 1 N–H and O–H groups in total. The maximum Gasteiger partial charge on any atom is 0.306 e. The fourth-order valence-electron chi connectivity index (χ4n) is 4.80. The van der Waals surface area contributed by atoms with Gasteiger partial charge in [-0.15, -0.1) is 0 Å². The van der Waals surface area contributed by atoms with Crippen LogP contribution < -0.4 is 0 Å². The standard InChI is InChI=1S/C38H66O5/c1-3-5-7-9-11-13-15-17-18-19-21-23-25-27-29-31-33-38(41)43-36(34-39)35-42-37(40)32-30-28-26-24-22-20-16-14-12-10-8-6-4-2/h6,8,10,12,14,16,20,22,36,39H,3-5,7,9,11,13,15,17-19,21,23-35H2,1-2H3/b8-6+,12-10+,16-14+,22-20+. The fraction of sp³-hybridized carbons (Fsp3) is 0.737. The van der Waals surface area contributed by atoms with Crippen LogP contribution in [0.1, 0.15) is 162 Å². The molecule has 0 aliphatic carbocycles. The Balaban J connectivity index is 3.62. The molecule has 0 rings (SSSR count). The summed E-state index contributed by atoms with van der Waals surface area (Å²) >= 11 is 0. The van der Waals surface area contributed by atoms with Crippen LogP contribution in [0.25, 0.3) is 0 Å². The number of aliphatic hydroxyl groups excluding tert-OH is 1. The molecule has 0 saturated heterocycles. The number of hydrogen-bond donors (Lipinski definition) is 1. The van der Waals surface area contributed by atoms with Crippen LogP contribution in [0.15, 0.2) is 48.6 Å². The van der Waals surface area contributed by atoms with Gasteiger partial charge in [0.2, 0.25) is 0 Å². The lowest BCUT2D eigenvalue weighted by Gasteiger charge is -2.15. The molecule has 0 radical (unpaired) electrons. The van der Waals surface area contributed by atoms with Gasteiger partial charge in [-0.25, -0.2) is 0 Å². The van der Waals surface area contributed by atoms with E-state index >= 15 is 0 Å². The first kappa shape index (κ1) is 40.9. The predicted molar refractivity (Wildman–Crippen MR) is 182 cm³/mol. The minimum atomic E-state index is -0.784. The van der Waals surface area contributed by atoms with E-state index in [1.165, 1.54) is 83.5 Å². The summed E-state index contributed by atoms with van der Waals surface area (Å²) in [5, 5.41) is 9.51. The number of aliphatic hydroxyl groups is 1. The number of ether oxygens (including phenoxy) is 2. The van der Waals surface area contributed by atoms with Gasteiger partial charge in [0.1, 0.15) is 6.61 Å². The Labute approximate surface area is 265 Å². The maximum atomic E-state index is 12.1. The second kappa shape index (κ2) is 34.4. The Kier molecular flexibility index (Phi) is 32.6. The summed E-state index contributed by atoms with van der Waals surface area (Å²) in [6, 6.07) is 0. The largest absolute Gasteiger partial charge is 0.462 e. The third-order valence-electron chi connectivity index (χ3n) is 7.48. The SMILES string of the molecule is CC/C=C/C=C/C=C/C=C/CCCCCC(=O)OCC(CO)OC(=O)CCCCCCCCCCCCCCCCCC. The van der Waals surface area contributed by atoms with Crippen LogP contribution >= 0.6 is 0 Å². The van der Waals surface area contributed by atoms with Crippen molar-refractivity contribution < 1.29 is 24.2 Å². The highest BCUT2D eigenvalue weighted by molar-refractivity contribution is 5.70. The van der Waals surface area contributed by atoms with E-state index in [0.717, 1.165) is 51.4 Å². The molecule has 0 aliphatic rings. The average molecular weight is 603 g/mol. The maximum absolute atomic E-state index is 12.1. The quantitative estimate of drug-likeness (QED) is 0.0485. The molecule has 0 aliphatic heterocycles. The van der Waals surface area contributed by atoms with Gasteiger partial charge in [0.25, 0.3) is 0 Å². The second-order valence-electron chi connectivity index (χ2n) is 11.7. The Morgan fingerprint density at radius 1 is 0.558 bits per heavy atom. The van der Waals surface area contributed by atoms with E-state index in [2.05, 4.69) is 26.0 Å². The van der Waals surface area contributed by atoms with Crippen molar-refractivity contribution in [3.05, 3.63) is 48.6 Å². The molecule has 0 bridgehead atoms. The zero-order valence-electron chi connectivity index (χ0n) is 28.0. The lowest BCUT2D eigenvalue weighted by Crippen LogP contribution is -2.28. The lowest BCUT2D eigenvalue weighted by atomic mass is 10.0. The monoisotopic (exact) mass is 602 g/mol. The van der Waals surface area contributed by atoms with Crippen molar-refractivity contribution in [1.82, 2.24) is 0 Å². The van der Waals surface area contributed by atoms with Crippen LogP contribution in [0.5, 0.6) is 0 Å². The minimum Gasteiger partial charge on any atom is -0.462 e. The van der Waals surface area contributed by atoms with E-state index in [9.17, 15) is 14.7 Å². The van der Waals surface area contributed by atoms with Gasteiger partial charge in [-0.3, -0.25) is 9.59 Å². The average Bonchev–Trinajstić information content (AvgIpc) is 3.01. The van der Waals surface area contributed by atoms with Crippen LogP contribution in [0.3, 0.4) is 0 Å². The van der Waals surface area contributed by atoms with E-state index in [0.29, 0.717) is 12.8 Å². The summed E-state index contributed by atoms with van der Waals surface area (Å²) in [6.07, 6.45) is 41.7. The summed E-state index contributed by atoms with van der Waals surface area (Å²) in [5.74, 6) is -0.637. The van der Waals surface area contributed by atoms with Crippen molar-refractivity contribution in [3.8, 4) is 0 Å². The van der Waals surface area contributed by atoms with Gasteiger partial charge in [0, 0.05) is 12.8 Å². The van der Waals surface area contributed by atoms with E-state index in [-0.39, 0.29) is 25.2 Å². The summed E-state index contributed by atoms with van der Waals surface area (Å²) in [4.78, 5) is 24.1. The number of carbonyl (C=O) groups excluding carboxylic acids is 2. The lowest BCUT2D eigenvalue weighted by molar-refractivity contribution is -0.161. The number of unbranched alkanes of at least 4 members (excludes halogenated alkanes) is 18. The summed E-state index contributed by atoms with van der Waals surface area (Å²) in [6.45, 7) is 3.95. The van der Waals surface area contributed by atoms with Gasteiger partial charge in [-0.2, -0.15) is 0 Å². The molecule has 5 nitrogen and oxygen atoms in total. The smallest absolute Gasteiger partial charge is 0.306 e. The number of esters is 2. The van der Waals surface area contributed by atoms with Crippen LogP contribution in [0, 0.1) is 0 Å². The molecule has 43 heavy (non-hydrogen) atoms. The van der Waals surface area contributed by atoms with Gasteiger partial charge in [-0.05, 0) is 32.1 Å². The Morgan fingerprint density at radius 2 is 1.00 bits per heavy atom. The summed E-state index contributed by atoms with van der Waals surface area (Å²) in [7, 11) is 0. The molecule has 0 fully saturated rings. The van der Waals surface area contributed by atoms with Crippen molar-refractivity contribution in [2.45, 2.75) is 168 Å². The van der Waals surface area contributed by atoms with Crippen LogP contribution in [-0.4, -0.2) is 36.4 Å². The number of rotatable bonds is 31. The van der Waals surface area contributed by atoms with E-state index < -0.39 is 6.10 Å². The van der Waals surface area contributed by atoms with Crippen molar-refractivity contribution in [1.29, 1.82) is 0 Å². The highest BCUT2D eigenvalue weighted by Gasteiger charge is 2.16. The van der Waals surface area contributed by atoms with Crippen LogP contribution in [-0.2, 0) is 19.1 Å². The van der Waals surface area contributed by atoms with E-state index in [4.69, 9.17) is 9.47 Å². The number of carbonyl (C=O) groups is 2. The molecule has 0 aromatic heterocycles. The third kappa shape index (κ3) is 32.6. The fourth-order valence-corrected chi connectivity index (χ4v) is 4.80.